The van der Waals surface area contributed by atoms with E-state index in [2.05, 4.69) is 11.9 Å². The number of carboxylic acids is 1. The average molecular weight is 262 g/mol. The number of urea groups is 1. The Hall–Kier alpha value is -2.30. The third kappa shape index (κ3) is 4.83. The Bertz CT molecular complexity index is 454. The summed E-state index contributed by atoms with van der Waals surface area (Å²) >= 11 is 0. The fourth-order valence-corrected chi connectivity index (χ4v) is 1.53. The maximum absolute atomic E-state index is 12.0. The Balaban J connectivity index is 2.84. The minimum Gasteiger partial charge on any atom is -0.481 e. The fourth-order valence-electron chi connectivity index (χ4n) is 1.53. The van der Waals surface area contributed by atoms with Crippen LogP contribution in [0.4, 0.5) is 10.5 Å². The molecular formula is C14H18N2O3. The lowest BCUT2D eigenvalue weighted by atomic mass is 10.2. The van der Waals surface area contributed by atoms with Gasteiger partial charge in [0, 0.05) is 18.8 Å². The number of rotatable bonds is 6. The predicted molar refractivity (Wildman–Crippen MR) is 74.4 cm³/mol. The molecule has 0 saturated heterocycles. The molecule has 0 bridgehead atoms. The van der Waals surface area contributed by atoms with E-state index < -0.39 is 5.97 Å². The third-order valence-corrected chi connectivity index (χ3v) is 2.54. The molecule has 0 fully saturated rings. The largest absolute Gasteiger partial charge is 0.481 e. The van der Waals surface area contributed by atoms with Crippen molar-refractivity contribution in [1.82, 2.24) is 5.32 Å². The van der Waals surface area contributed by atoms with Crippen molar-refractivity contribution < 1.29 is 14.7 Å². The second kappa shape index (κ2) is 7.20. The summed E-state index contributed by atoms with van der Waals surface area (Å²) in [6.07, 6.45) is 1.47. The normalized spacial score (nSPS) is 9.74. The summed E-state index contributed by atoms with van der Waals surface area (Å²) in [5, 5.41) is 11.4. The quantitative estimate of drug-likeness (QED) is 0.772. The number of carboxylic acid groups (broad SMARTS) is 1. The molecule has 5 nitrogen and oxygen atoms in total. The number of aryl methyl sites for hydroxylation is 1. The summed E-state index contributed by atoms with van der Waals surface area (Å²) in [6.45, 7) is 5.94. The SMILES string of the molecule is C=CCNC(=O)N(CCC(=O)O)c1ccc(C)cc1. The van der Waals surface area contributed by atoms with E-state index >= 15 is 0 Å². The van der Waals surface area contributed by atoms with Crippen LogP contribution in [0.15, 0.2) is 36.9 Å². The van der Waals surface area contributed by atoms with Gasteiger partial charge in [0.2, 0.25) is 0 Å². The van der Waals surface area contributed by atoms with Gasteiger partial charge in [-0.1, -0.05) is 23.8 Å². The first-order valence-electron chi connectivity index (χ1n) is 5.99. The van der Waals surface area contributed by atoms with Crippen LogP contribution >= 0.6 is 0 Å². The van der Waals surface area contributed by atoms with Crippen LogP contribution in [0.25, 0.3) is 0 Å². The molecule has 0 aliphatic heterocycles. The Kier molecular flexibility index (Phi) is 5.60. The van der Waals surface area contributed by atoms with E-state index in [1.807, 2.05) is 19.1 Å². The number of hydrogen-bond donors (Lipinski definition) is 2. The number of aliphatic carboxylic acids is 1. The van der Waals surface area contributed by atoms with Crippen LogP contribution in [0.1, 0.15) is 12.0 Å². The van der Waals surface area contributed by atoms with Gasteiger partial charge in [-0.25, -0.2) is 4.79 Å². The Morgan fingerprint density at radius 1 is 1.37 bits per heavy atom. The average Bonchev–Trinajstić information content (AvgIpc) is 2.38. The number of hydrogen-bond acceptors (Lipinski definition) is 2. The highest BCUT2D eigenvalue weighted by Crippen LogP contribution is 2.15. The molecular weight excluding hydrogens is 244 g/mol. The van der Waals surface area contributed by atoms with Crippen LogP contribution in [-0.4, -0.2) is 30.2 Å². The highest BCUT2D eigenvalue weighted by Gasteiger charge is 2.15. The second-order valence-corrected chi connectivity index (χ2v) is 4.11. The predicted octanol–water partition coefficient (Wildman–Crippen LogP) is 2.17. The van der Waals surface area contributed by atoms with Crippen LogP contribution in [0, 0.1) is 6.92 Å². The van der Waals surface area contributed by atoms with Crippen LogP contribution in [-0.2, 0) is 4.79 Å². The molecule has 1 aromatic rings. The van der Waals surface area contributed by atoms with Crippen LogP contribution in [0.3, 0.4) is 0 Å². The van der Waals surface area contributed by atoms with Crippen molar-refractivity contribution in [3.63, 3.8) is 0 Å². The molecule has 102 valence electrons. The number of carbonyl (C=O) groups is 2. The van der Waals surface area contributed by atoms with Gasteiger partial charge >= 0.3 is 12.0 Å². The van der Waals surface area contributed by atoms with E-state index in [-0.39, 0.29) is 19.0 Å². The summed E-state index contributed by atoms with van der Waals surface area (Å²) in [4.78, 5) is 24.0. The molecule has 0 radical (unpaired) electrons. The highest BCUT2D eigenvalue weighted by atomic mass is 16.4. The molecule has 19 heavy (non-hydrogen) atoms. The van der Waals surface area contributed by atoms with Crippen molar-refractivity contribution in [2.24, 2.45) is 0 Å². The molecule has 0 saturated carbocycles. The van der Waals surface area contributed by atoms with Gasteiger partial charge in [0.05, 0.1) is 6.42 Å². The molecule has 0 heterocycles. The van der Waals surface area contributed by atoms with Gasteiger partial charge in [-0.2, -0.15) is 0 Å². The first-order valence-corrected chi connectivity index (χ1v) is 5.99. The Morgan fingerprint density at radius 3 is 2.53 bits per heavy atom. The van der Waals surface area contributed by atoms with E-state index in [1.165, 1.54) is 4.90 Å². The monoisotopic (exact) mass is 262 g/mol. The van der Waals surface area contributed by atoms with E-state index in [1.54, 1.807) is 18.2 Å². The third-order valence-electron chi connectivity index (χ3n) is 2.54. The van der Waals surface area contributed by atoms with Gasteiger partial charge in [0.15, 0.2) is 0 Å². The lowest BCUT2D eigenvalue weighted by Crippen LogP contribution is -2.41. The summed E-state index contributed by atoms with van der Waals surface area (Å²) < 4.78 is 0. The zero-order valence-corrected chi connectivity index (χ0v) is 10.9. The van der Waals surface area contributed by atoms with Crippen molar-refractivity contribution in [3.8, 4) is 0 Å². The van der Waals surface area contributed by atoms with Gasteiger partial charge in [0.25, 0.3) is 0 Å². The van der Waals surface area contributed by atoms with Crippen LogP contribution < -0.4 is 10.2 Å². The van der Waals surface area contributed by atoms with Gasteiger partial charge in [-0.3, -0.25) is 9.69 Å². The summed E-state index contributed by atoms with van der Waals surface area (Å²) in [5.74, 6) is -0.936. The van der Waals surface area contributed by atoms with Crippen molar-refractivity contribution in [2.75, 3.05) is 18.0 Å². The maximum atomic E-state index is 12.0. The summed E-state index contributed by atoms with van der Waals surface area (Å²) in [7, 11) is 0. The minimum absolute atomic E-state index is 0.102. The number of nitrogens with zero attached hydrogens (tertiary/aromatic N) is 1. The highest BCUT2D eigenvalue weighted by molar-refractivity contribution is 5.92. The van der Waals surface area contributed by atoms with Gasteiger partial charge in [-0.05, 0) is 19.1 Å². The standard InChI is InChI=1S/C14H18N2O3/c1-3-9-15-14(19)16(10-8-13(17)18)12-6-4-11(2)5-7-12/h3-7H,1,8-10H2,2H3,(H,15,19)(H,17,18). The number of benzene rings is 1. The number of anilines is 1. The molecule has 0 aromatic heterocycles. The minimum atomic E-state index is -0.936. The number of nitrogens with one attached hydrogen (secondary N) is 1. The molecule has 2 N–H and O–H groups in total. The smallest absolute Gasteiger partial charge is 0.322 e. The van der Waals surface area contributed by atoms with Crippen molar-refractivity contribution in [1.29, 1.82) is 0 Å². The molecule has 5 heteroatoms. The number of carbonyl (C=O) groups excluding carboxylic acids is 1. The summed E-state index contributed by atoms with van der Waals surface area (Å²) in [6, 6.07) is 7.02. The Labute approximate surface area is 112 Å². The fraction of sp³-hybridized carbons (Fsp3) is 0.286. The molecule has 0 aliphatic rings. The van der Waals surface area contributed by atoms with Crippen molar-refractivity contribution in [2.45, 2.75) is 13.3 Å². The first-order chi connectivity index (χ1) is 9.04. The number of amides is 2. The lowest BCUT2D eigenvalue weighted by Gasteiger charge is -2.22. The molecule has 1 rings (SSSR count). The van der Waals surface area contributed by atoms with E-state index in [9.17, 15) is 9.59 Å². The summed E-state index contributed by atoms with van der Waals surface area (Å²) in [5.41, 5.74) is 1.75. The van der Waals surface area contributed by atoms with E-state index in [0.717, 1.165) is 5.56 Å². The topological polar surface area (TPSA) is 69.6 Å². The molecule has 1 aromatic carbocycles. The second-order valence-electron chi connectivity index (χ2n) is 4.11. The molecule has 2 amide bonds. The van der Waals surface area contributed by atoms with Crippen molar-refractivity contribution >= 4 is 17.7 Å². The van der Waals surface area contributed by atoms with Gasteiger partial charge in [0.1, 0.15) is 0 Å². The zero-order chi connectivity index (χ0) is 14.3. The maximum Gasteiger partial charge on any atom is 0.322 e. The molecule has 0 spiro atoms. The molecule has 0 atom stereocenters. The van der Waals surface area contributed by atoms with Gasteiger partial charge in [-0.15, -0.1) is 6.58 Å². The zero-order valence-electron chi connectivity index (χ0n) is 10.9. The first kappa shape index (κ1) is 14.8. The lowest BCUT2D eigenvalue weighted by molar-refractivity contribution is -0.136. The van der Waals surface area contributed by atoms with Gasteiger partial charge < -0.3 is 10.4 Å². The van der Waals surface area contributed by atoms with Crippen molar-refractivity contribution in [3.05, 3.63) is 42.5 Å². The Morgan fingerprint density at radius 2 is 2.00 bits per heavy atom. The molecule has 0 aliphatic carbocycles. The van der Waals surface area contributed by atoms with Crippen LogP contribution in [0.2, 0.25) is 0 Å². The van der Waals surface area contributed by atoms with E-state index in [0.29, 0.717) is 12.2 Å². The van der Waals surface area contributed by atoms with Crippen LogP contribution in [0.5, 0.6) is 0 Å². The van der Waals surface area contributed by atoms with E-state index in [4.69, 9.17) is 5.11 Å². The molecule has 0 unspecified atom stereocenters.